The number of aryl methyl sites for hydroxylation is 1. The van der Waals surface area contributed by atoms with Crippen molar-refractivity contribution in [3.63, 3.8) is 0 Å². The molecule has 0 saturated carbocycles. The molecular weight excluding hydrogens is 541 g/mol. The van der Waals surface area contributed by atoms with Crippen molar-refractivity contribution in [1.29, 1.82) is 0 Å². The Morgan fingerprint density at radius 2 is 1.52 bits per heavy atom. The summed E-state index contributed by atoms with van der Waals surface area (Å²) in [4.78, 5) is 35.2. The smallest absolute Gasteiger partial charge is 0.311 e. The van der Waals surface area contributed by atoms with Crippen LogP contribution < -0.4 is 5.32 Å². The largest absolute Gasteiger partial charge is 0.466 e. The average molecular weight is 569 g/mol. The van der Waals surface area contributed by atoms with Gasteiger partial charge in [-0.25, -0.2) is 9.97 Å². The van der Waals surface area contributed by atoms with Crippen molar-refractivity contribution in [3.05, 3.63) is 102 Å². The van der Waals surface area contributed by atoms with Gasteiger partial charge in [0.25, 0.3) is 0 Å². The molecule has 0 fully saturated rings. The number of nitrogens with one attached hydrogen (secondary N) is 1. The van der Waals surface area contributed by atoms with Gasteiger partial charge in [0, 0.05) is 21.7 Å². The average Bonchev–Trinajstić information content (AvgIpc) is 3.53. The van der Waals surface area contributed by atoms with E-state index in [1.54, 1.807) is 6.92 Å². The first-order valence-corrected chi connectivity index (χ1v) is 14.7. The van der Waals surface area contributed by atoms with Crippen LogP contribution in [0.4, 0.5) is 5.13 Å². The lowest BCUT2D eigenvalue weighted by molar-refractivity contribution is -0.142. The molecule has 9 heteroatoms. The molecule has 5 rings (SSSR count). The van der Waals surface area contributed by atoms with Crippen molar-refractivity contribution >= 4 is 40.1 Å². The zero-order valence-corrected chi connectivity index (χ0v) is 23.8. The van der Waals surface area contributed by atoms with Crippen LogP contribution in [-0.2, 0) is 20.7 Å². The second-order valence-corrected chi connectivity index (χ2v) is 10.9. The minimum atomic E-state index is -0.307. The van der Waals surface area contributed by atoms with Crippen LogP contribution in [-0.4, -0.2) is 38.8 Å². The molecule has 202 valence electrons. The second-order valence-electron chi connectivity index (χ2n) is 8.84. The van der Waals surface area contributed by atoms with Gasteiger partial charge in [-0.1, -0.05) is 90.6 Å². The van der Waals surface area contributed by atoms with Gasteiger partial charge in [0.1, 0.15) is 0 Å². The molecule has 0 aliphatic rings. The number of anilines is 1. The maximum absolute atomic E-state index is 13.0. The van der Waals surface area contributed by atoms with Crippen LogP contribution in [0.15, 0.2) is 96.2 Å². The van der Waals surface area contributed by atoms with Crippen molar-refractivity contribution in [2.75, 3.05) is 17.7 Å². The zero-order chi connectivity index (χ0) is 27.9. The van der Waals surface area contributed by atoms with E-state index in [1.807, 2.05) is 85.8 Å². The first-order valence-electron chi connectivity index (χ1n) is 12.9. The lowest BCUT2D eigenvalue weighted by Gasteiger charge is -2.13. The van der Waals surface area contributed by atoms with Crippen LogP contribution in [0.2, 0.25) is 0 Å². The van der Waals surface area contributed by atoms with E-state index in [9.17, 15) is 9.59 Å². The summed E-state index contributed by atoms with van der Waals surface area (Å²) < 4.78 is 7.15. The van der Waals surface area contributed by atoms with Crippen LogP contribution in [0.25, 0.3) is 28.2 Å². The fourth-order valence-electron chi connectivity index (χ4n) is 4.25. The summed E-state index contributed by atoms with van der Waals surface area (Å²) in [5.41, 5.74) is 5.49. The molecule has 0 spiro atoms. The number of thioether (sulfide) groups is 1. The van der Waals surface area contributed by atoms with Gasteiger partial charge < -0.3 is 10.1 Å². The van der Waals surface area contributed by atoms with Gasteiger partial charge in [0.15, 0.2) is 10.3 Å². The van der Waals surface area contributed by atoms with Crippen molar-refractivity contribution in [3.8, 4) is 28.2 Å². The summed E-state index contributed by atoms with van der Waals surface area (Å²) in [6.07, 6.45) is 0.140. The highest BCUT2D eigenvalue weighted by molar-refractivity contribution is 7.99. The minimum Gasteiger partial charge on any atom is -0.466 e. The van der Waals surface area contributed by atoms with Crippen LogP contribution in [0.3, 0.4) is 0 Å². The van der Waals surface area contributed by atoms with Gasteiger partial charge in [-0.15, -0.1) is 11.3 Å². The van der Waals surface area contributed by atoms with Crippen LogP contribution in [0.5, 0.6) is 0 Å². The third kappa shape index (κ3) is 6.32. The number of hydrogen-bond donors (Lipinski definition) is 1. The van der Waals surface area contributed by atoms with Gasteiger partial charge in [0.2, 0.25) is 5.91 Å². The number of hydrogen-bond acceptors (Lipinski definition) is 7. The molecule has 5 aromatic rings. The molecule has 0 aliphatic heterocycles. The predicted molar refractivity (Wildman–Crippen MR) is 161 cm³/mol. The Hall–Kier alpha value is -4.21. The monoisotopic (exact) mass is 568 g/mol. The van der Waals surface area contributed by atoms with Crippen molar-refractivity contribution in [1.82, 2.24) is 14.5 Å². The third-order valence-electron chi connectivity index (χ3n) is 6.04. The number of imidazole rings is 1. The van der Waals surface area contributed by atoms with E-state index in [0.717, 1.165) is 33.1 Å². The van der Waals surface area contributed by atoms with Crippen molar-refractivity contribution in [2.45, 2.75) is 25.4 Å². The first-order chi connectivity index (χ1) is 19.5. The summed E-state index contributed by atoms with van der Waals surface area (Å²) in [6.45, 7) is 3.92. The molecule has 0 atom stereocenters. The summed E-state index contributed by atoms with van der Waals surface area (Å²) in [6, 6.07) is 30.3. The van der Waals surface area contributed by atoms with E-state index in [1.165, 1.54) is 23.1 Å². The second kappa shape index (κ2) is 12.8. The summed E-state index contributed by atoms with van der Waals surface area (Å²) in [5.74, 6) is -0.372. The van der Waals surface area contributed by atoms with E-state index in [2.05, 4.69) is 27.0 Å². The molecular formula is C31H28N4O3S2. The molecule has 7 nitrogen and oxygen atoms in total. The minimum absolute atomic E-state index is 0.137. The molecule has 0 unspecified atom stereocenters. The molecule has 0 bridgehead atoms. The third-order valence-corrected chi connectivity index (χ3v) is 8.05. The molecule has 2 aromatic heterocycles. The number of nitrogens with zero attached hydrogens (tertiary/aromatic N) is 3. The SMILES string of the molecule is CCOC(=O)Cc1sc(NC(=O)CSc2nc(-c3ccccc3)c(-c3ccccc3)n2-c2ccccc2)nc1C. The highest BCUT2D eigenvalue weighted by Gasteiger charge is 2.22. The number of thiazole rings is 1. The number of ether oxygens (including phenoxy) is 1. The van der Waals surface area contributed by atoms with Gasteiger partial charge in [-0.05, 0) is 26.0 Å². The predicted octanol–water partition coefficient (Wildman–Crippen LogP) is 6.81. The molecule has 40 heavy (non-hydrogen) atoms. The molecule has 0 saturated heterocycles. The van der Waals surface area contributed by atoms with E-state index in [0.29, 0.717) is 22.6 Å². The molecule has 0 radical (unpaired) electrons. The lowest BCUT2D eigenvalue weighted by Crippen LogP contribution is -2.14. The van der Waals surface area contributed by atoms with E-state index < -0.39 is 0 Å². The Labute approximate surface area is 241 Å². The topological polar surface area (TPSA) is 86.1 Å². The van der Waals surface area contributed by atoms with E-state index in [4.69, 9.17) is 9.72 Å². The molecule has 1 N–H and O–H groups in total. The molecule has 0 aliphatic carbocycles. The van der Waals surface area contributed by atoms with E-state index >= 15 is 0 Å². The molecule has 3 aromatic carbocycles. The van der Waals surface area contributed by atoms with Gasteiger partial charge in [0.05, 0.1) is 35.9 Å². The highest BCUT2D eigenvalue weighted by Crippen LogP contribution is 2.38. The first kappa shape index (κ1) is 27.4. The summed E-state index contributed by atoms with van der Waals surface area (Å²) in [7, 11) is 0. The van der Waals surface area contributed by atoms with Crippen LogP contribution >= 0.6 is 23.1 Å². The number of aromatic nitrogens is 3. The number of benzene rings is 3. The van der Waals surface area contributed by atoms with E-state index in [-0.39, 0.29) is 24.1 Å². The summed E-state index contributed by atoms with van der Waals surface area (Å²) in [5, 5.41) is 4.05. The Morgan fingerprint density at radius 1 is 0.900 bits per heavy atom. The summed E-state index contributed by atoms with van der Waals surface area (Å²) >= 11 is 2.66. The number of esters is 1. The zero-order valence-electron chi connectivity index (χ0n) is 22.2. The van der Waals surface area contributed by atoms with Crippen molar-refractivity contribution in [2.24, 2.45) is 0 Å². The fourth-order valence-corrected chi connectivity index (χ4v) is 6.02. The Balaban J connectivity index is 1.44. The Morgan fingerprint density at radius 3 is 2.17 bits per heavy atom. The maximum Gasteiger partial charge on any atom is 0.311 e. The Kier molecular flexibility index (Phi) is 8.73. The standard InChI is InChI=1S/C31H28N4O3S2/c1-3-38-27(37)19-25-21(2)32-30(40-25)33-26(36)20-39-31-34-28(22-13-7-4-8-14-22)29(23-15-9-5-10-16-23)35(31)24-17-11-6-12-18-24/h4-18H,3,19-20H2,1-2H3,(H,32,33,36). The normalized spacial score (nSPS) is 10.8. The van der Waals surface area contributed by atoms with Gasteiger partial charge in [-0.3, -0.25) is 14.2 Å². The maximum atomic E-state index is 13.0. The van der Waals surface area contributed by atoms with Crippen LogP contribution in [0.1, 0.15) is 17.5 Å². The number of carbonyl (C=O) groups excluding carboxylic acids is 2. The highest BCUT2D eigenvalue weighted by atomic mass is 32.2. The number of amides is 1. The number of carbonyl (C=O) groups is 2. The fraction of sp³-hybridized carbons (Fsp3) is 0.161. The lowest BCUT2D eigenvalue weighted by atomic mass is 10.0. The Bertz CT molecular complexity index is 1600. The van der Waals surface area contributed by atoms with Crippen LogP contribution in [0, 0.1) is 6.92 Å². The van der Waals surface area contributed by atoms with Gasteiger partial charge in [-0.2, -0.15) is 0 Å². The number of rotatable bonds is 10. The van der Waals surface area contributed by atoms with Gasteiger partial charge >= 0.3 is 5.97 Å². The van der Waals surface area contributed by atoms with Crippen molar-refractivity contribution < 1.29 is 14.3 Å². The number of para-hydroxylation sites is 1. The molecule has 2 heterocycles. The quantitative estimate of drug-likeness (QED) is 0.147. The molecule has 1 amide bonds.